The van der Waals surface area contributed by atoms with E-state index < -0.39 is 10.0 Å². The van der Waals surface area contributed by atoms with Gasteiger partial charge in [0.25, 0.3) is 0 Å². The van der Waals surface area contributed by atoms with Crippen LogP contribution in [-0.2, 0) is 10.0 Å². The number of unbranched alkanes of at least 4 members (excludes halogenated alkanes) is 3. The molecule has 0 amide bonds. The van der Waals surface area contributed by atoms with Gasteiger partial charge in [0, 0.05) is 13.1 Å². The molecule has 0 N–H and O–H groups in total. The molecule has 1 aliphatic heterocycles. The van der Waals surface area contributed by atoms with Gasteiger partial charge in [-0.25, -0.2) is 12.7 Å². The van der Waals surface area contributed by atoms with E-state index in [1.54, 1.807) is 4.31 Å². The zero-order chi connectivity index (χ0) is 9.73. The number of hydrogen-bond donors (Lipinski definition) is 0. The maximum absolute atomic E-state index is 11.4. The SMILES string of the molecule is CCCCCCN1CCCS1(=O)=O. The second-order valence-electron chi connectivity index (χ2n) is 3.63. The van der Waals surface area contributed by atoms with Crippen LogP contribution in [0.4, 0.5) is 0 Å². The predicted molar refractivity (Wildman–Crippen MR) is 54.1 cm³/mol. The molecular formula is C9H19NO2S. The second kappa shape index (κ2) is 4.96. The summed E-state index contributed by atoms with van der Waals surface area (Å²) >= 11 is 0. The van der Waals surface area contributed by atoms with Gasteiger partial charge in [-0.1, -0.05) is 26.2 Å². The van der Waals surface area contributed by atoms with Gasteiger partial charge in [-0.05, 0) is 12.8 Å². The fraction of sp³-hybridized carbons (Fsp3) is 1.00. The summed E-state index contributed by atoms with van der Waals surface area (Å²) in [5.74, 6) is 0.362. The van der Waals surface area contributed by atoms with Gasteiger partial charge in [0.15, 0.2) is 0 Å². The predicted octanol–water partition coefficient (Wildman–Crippen LogP) is 1.60. The van der Waals surface area contributed by atoms with Crippen molar-refractivity contribution in [2.75, 3.05) is 18.8 Å². The Morgan fingerprint density at radius 1 is 1.23 bits per heavy atom. The lowest BCUT2D eigenvalue weighted by Gasteiger charge is -2.13. The molecule has 1 fully saturated rings. The Balaban J connectivity index is 2.22. The Hall–Kier alpha value is -0.0900. The zero-order valence-electron chi connectivity index (χ0n) is 8.33. The molecule has 0 aromatic carbocycles. The minimum absolute atomic E-state index is 0.362. The molecule has 0 aromatic heterocycles. The molecule has 3 nitrogen and oxygen atoms in total. The molecule has 4 heteroatoms. The Labute approximate surface area is 81.2 Å². The summed E-state index contributed by atoms with van der Waals surface area (Å²) in [5.41, 5.74) is 0. The van der Waals surface area contributed by atoms with E-state index in [4.69, 9.17) is 0 Å². The minimum atomic E-state index is -2.84. The second-order valence-corrected chi connectivity index (χ2v) is 5.72. The van der Waals surface area contributed by atoms with E-state index in [9.17, 15) is 8.42 Å². The number of rotatable bonds is 5. The van der Waals surface area contributed by atoms with E-state index in [0.29, 0.717) is 5.75 Å². The smallest absolute Gasteiger partial charge is 0.212 e. The molecule has 0 radical (unpaired) electrons. The summed E-state index contributed by atoms with van der Waals surface area (Å²) in [4.78, 5) is 0. The summed E-state index contributed by atoms with van der Waals surface area (Å²) in [6.07, 6.45) is 5.41. The van der Waals surface area contributed by atoms with Crippen molar-refractivity contribution in [1.82, 2.24) is 4.31 Å². The van der Waals surface area contributed by atoms with Crippen LogP contribution in [0.2, 0.25) is 0 Å². The van der Waals surface area contributed by atoms with Gasteiger partial charge in [0.05, 0.1) is 5.75 Å². The van der Waals surface area contributed by atoms with Crippen LogP contribution in [0.25, 0.3) is 0 Å². The monoisotopic (exact) mass is 205 g/mol. The van der Waals surface area contributed by atoms with E-state index in [0.717, 1.165) is 32.4 Å². The van der Waals surface area contributed by atoms with Crippen LogP contribution in [0.5, 0.6) is 0 Å². The van der Waals surface area contributed by atoms with E-state index >= 15 is 0 Å². The highest BCUT2D eigenvalue weighted by Crippen LogP contribution is 2.14. The summed E-state index contributed by atoms with van der Waals surface area (Å²) < 4.78 is 24.3. The molecule has 0 bridgehead atoms. The van der Waals surface area contributed by atoms with Crippen LogP contribution >= 0.6 is 0 Å². The van der Waals surface area contributed by atoms with Crippen molar-refractivity contribution in [2.45, 2.75) is 39.0 Å². The van der Waals surface area contributed by atoms with Crippen LogP contribution in [-0.4, -0.2) is 31.6 Å². The van der Waals surface area contributed by atoms with Gasteiger partial charge in [0.1, 0.15) is 0 Å². The van der Waals surface area contributed by atoms with Gasteiger partial charge < -0.3 is 0 Å². The fourth-order valence-corrected chi connectivity index (χ4v) is 3.22. The summed E-state index contributed by atoms with van der Waals surface area (Å²) in [7, 11) is -2.84. The van der Waals surface area contributed by atoms with E-state index in [1.165, 1.54) is 12.8 Å². The maximum atomic E-state index is 11.4. The van der Waals surface area contributed by atoms with Gasteiger partial charge in [-0.2, -0.15) is 0 Å². The first kappa shape index (κ1) is 11.0. The Bertz CT molecular complexity index is 236. The molecule has 13 heavy (non-hydrogen) atoms. The van der Waals surface area contributed by atoms with Crippen LogP contribution in [0.3, 0.4) is 0 Å². The Morgan fingerprint density at radius 3 is 2.54 bits per heavy atom. The molecule has 0 aliphatic carbocycles. The van der Waals surface area contributed by atoms with Crippen molar-refractivity contribution in [2.24, 2.45) is 0 Å². The van der Waals surface area contributed by atoms with Gasteiger partial charge in [-0.3, -0.25) is 0 Å². The first-order valence-electron chi connectivity index (χ1n) is 5.14. The largest absolute Gasteiger partial charge is 0.214 e. The molecule has 0 spiro atoms. The average molecular weight is 205 g/mol. The first-order chi connectivity index (χ1) is 6.17. The highest BCUT2D eigenvalue weighted by Gasteiger charge is 2.26. The third-order valence-electron chi connectivity index (χ3n) is 2.46. The van der Waals surface area contributed by atoms with Crippen molar-refractivity contribution < 1.29 is 8.42 Å². The van der Waals surface area contributed by atoms with Crippen LogP contribution in [0.1, 0.15) is 39.0 Å². The van der Waals surface area contributed by atoms with Gasteiger partial charge in [-0.15, -0.1) is 0 Å². The van der Waals surface area contributed by atoms with E-state index in [-0.39, 0.29) is 0 Å². The maximum Gasteiger partial charge on any atom is 0.214 e. The third kappa shape index (κ3) is 3.27. The lowest BCUT2D eigenvalue weighted by atomic mass is 10.2. The molecule has 1 aliphatic rings. The van der Waals surface area contributed by atoms with Crippen LogP contribution in [0, 0.1) is 0 Å². The van der Waals surface area contributed by atoms with Crippen molar-refractivity contribution in [3.05, 3.63) is 0 Å². The van der Waals surface area contributed by atoms with Crippen molar-refractivity contribution in [3.63, 3.8) is 0 Å². The topological polar surface area (TPSA) is 37.4 Å². The molecule has 0 aromatic rings. The zero-order valence-corrected chi connectivity index (χ0v) is 9.15. The molecule has 0 saturated carbocycles. The highest BCUT2D eigenvalue weighted by atomic mass is 32.2. The number of nitrogens with zero attached hydrogens (tertiary/aromatic N) is 1. The lowest BCUT2D eigenvalue weighted by Crippen LogP contribution is -2.26. The summed E-state index contributed by atoms with van der Waals surface area (Å²) in [5, 5.41) is 0. The average Bonchev–Trinajstić information content (AvgIpc) is 2.40. The summed E-state index contributed by atoms with van der Waals surface area (Å²) in [6, 6.07) is 0. The van der Waals surface area contributed by atoms with Crippen molar-refractivity contribution >= 4 is 10.0 Å². The molecule has 1 rings (SSSR count). The molecule has 0 atom stereocenters. The Kier molecular flexibility index (Phi) is 4.19. The Morgan fingerprint density at radius 2 is 2.00 bits per heavy atom. The number of hydrogen-bond acceptors (Lipinski definition) is 2. The molecule has 1 saturated heterocycles. The van der Waals surface area contributed by atoms with Crippen LogP contribution in [0.15, 0.2) is 0 Å². The molecule has 78 valence electrons. The highest BCUT2D eigenvalue weighted by molar-refractivity contribution is 7.89. The third-order valence-corrected chi connectivity index (χ3v) is 4.42. The normalized spacial score (nSPS) is 22.2. The quantitative estimate of drug-likeness (QED) is 0.639. The van der Waals surface area contributed by atoms with Crippen molar-refractivity contribution in [3.8, 4) is 0 Å². The van der Waals surface area contributed by atoms with Gasteiger partial charge in [0.2, 0.25) is 10.0 Å². The van der Waals surface area contributed by atoms with Crippen LogP contribution < -0.4 is 0 Å². The van der Waals surface area contributed by atoms with E-state index in [1.807, 2.05) is 0 Å². The molecular weight excluding hydrogens is 186 g/mol. The number of sulfonamides is 1. The lowest BCUT2D eigenvalue weighted by molar-refractivity contribution is 0.426. The fourth-order valence-electron chi connectivity index (χ4n) is 1.66. The van der Waals surface area contributed by atoms with Gasteiger partial charge >= 0.3 is 0 Å². The standard InChI is InChI=1S/C9H19NO2S/c1-2-3-4-5-7-10-8-6-9-13(10,11)12/h2-9H2,1H3. The minimum Gasteiger partial charge on any atom is -0.212 e. The van der Waals surface area contributed by atoms with Crippen molar-refractivity contribution in [1.29, 1.82) is 0 Å². The molecule has 1 heterocycles. The first-order valence-corrected chi connectivity index (χ1v) is 6.75. The van der Waals surface area contributed by atoms with E-state index in [2.05, 4.69) is 6.92 Å². The molecule has 0 unspecified atom stereocenters. The summed E-state index contributed by atoms with van der Waals surface area (Å²) in [6.45, 7) is 3.64.